The second kappa shape index (κ2) is 4.91. The quantitative estimate of drug-likeness (QED) is 0.877. The summed E-state index contributed by atoms with van der Waals surface area (Å²) in [7, 11) is 0. The molecule has 0 atom stereocenters. The van der Waals surface area contributed by atoms with Crippen LogP contribution in [-0.2, 0) is 0 Å². The maximum Gasteiger partial charge on any atom is 0.132 e. The van der Waals surface area contributed by atoms with Gasteiger partial charge in [-0.2, -0.15) is 0 Å². The van der Waals surface area contributed by atoms with Crippen molar-refractivity contribution in [2.75, 3.05) is 11.9 Å². The summed E-state index contributed by atoms with van der Waals surface area (Å²) in [6.45, 7) is 6.95. The summed E-state index contributed by atoms with van der Waals surface area (Å²) >= 11 is 0. The van der Waals surface area contributed by atoms with Gasteiger partial charge in [0.1, 0.15) is 12.1 Å². The van der Waals surface area contributed by atoms with Crippen molar-refractivity contribution in [3.8, 4) is 11.3 Å². The molecule has 0 spiro atoms. The SMILES string of the molecule is CCNc1ncnc(-c2cncc(C)c2)c1C. The van der Waals surface area contributed by atoms with Gasteiger partial charge in [-0.05, 0) is 32.4 Å². The van der Waals surface area contributed by atoms with E-state index >= 15 is 0 Å². The number of hydrogen-bond donors (Lipinski definition) is 1. The van der Waals surface area contributed by atoms with E-state index < -0.39 is 0 Å². The van der Waals surface area contributed by atoms with Crippen LogP contribution >= 0.6 is 0 Å². The van der Waals surface area contributed by atoms with Gasteiger partial charge >= 0.3 is 0 Å². The van der Waals surface area contributed by atoms with Crippen LogP contribution in [-0.4, -0.2) is 21.5 Å². The van der Waals surface area contributed by atoms with Crippen molar-refractivity contribution in [2.24, 2.45) is 0 Å². The monoisotopic (exact) mass is 228 g/mol. The number of aromatic nitrogens is 3. The van der Waals surface area contributed by atoms with Gasteiger partial charge in [-0.1, -0.05) is 0 Å². The first-order valence-corrected chi connectivity index (χ1v) is 5.70. The van der Waals surface area contributed by atoms with E-state index in [-0.39, 0.29) is 0 Å². The number of pyridine rings is 1. The lowest BCUT2D eigenvalue weighted by molar-refractivity contribution is 1.08. The minimum Gasteiger partial charge on any atom is -0.370 e. The predicted octanol–water partition coefficient (Wildman–Crippen LogP) is 2.59. The van der Waals surface area contributed by atoms with E-state index in [2.05, 4.69) is 33.3 Å². The Labute approximate surface area is 101 Å². The average molecular weight is 228 g/mol. The molecule has 0 saturated heterocycles. The smallest absolute Gasteiger partial charge is 0.132 e. The van der Waals surface area contributed by atoms with Crippen LogP contribution in [0.3, 0.4) is 0 Å². The standard InChI is InChI=1S/C13H16N4/c1-4-15-13-10(3)12(16-8-17-13)11-5-9(2)6-14-7-11/h5-8H,4H2,1-3H3,(H,15,16,17). The van der Waals surface area contributed by atoms with E-state index in [0.717, 1.165) is 34.7 Å². The molecule has 0 saturated carbocycles. The Balaban J connectivity index is 2.49. The molecule has 88 valence electrons. The van der Waals surface area contributed by atoms with Gasteiger partial charge in [-0.25, -0.2) is 9.97 Å². The average Bonchev–Trinajstić information content (AvgIpc) is 2.32. The maximum absolute atomic E-state index is 4.34. The molecule has 0 aromatic carbocycles. The Morgan fingerprint density at radius 2 is 2.00 bits per heavy atom. The molecule has 2 rings (SSSR count). The Kier molecular flexibility index (Phi) is 3.32. The molecule has 0 amide bonds. The molecule has 1 N–H and O–H groups in total. The predicted molar refractivity (Wildman–Crippen MR) is 68.9 cm³/mol. The lowest BCUT2D eigenvalue weighted by Crippen LogP contribution is -2.03. The molecular formula is C13H16N4. The number of nitrogens with one attached hydrogen (secondary N) is 1. The maximum atomic E-state index is 4.34. The molecule has 2 aromatic heterocycles. The van der Waals surface area contributed by atoms with Gasteiger partial charge in [-0.3, -0.25) is 4.98 Å². The van der Waals surface area contributed by atoms with E-state index in [9.17, 15) is 0 Å². The molecule has 0 aliphatic heterocycles. The Bertz CT molecular complexity index is 523. The summed E-state index contributed by atoms with van der Waals surface area (Å²) in [5.74, 6) is 0.888. The fraction of sp³-hybridized carbons (Fsp3) is 0.308. The van der Waals surface area contributed by atoms with Crippen LogP contribution in [0.25, 0.3) is 11.3 Å². The fourth-order valence-electron chi connectivity index (χ4n) is 1.77. The third kappa shape index (κ3) is 2.41. The molecule has 0 aliphatic rings. The van der Waals surface area contributed by atoms with Crippen molar-refractivity contribution in [3.63, 3.8) is 0 Å². The number of rotatable bonds is 3. The van der Waals surface area contributed by atoms with Crippen LogP contribution in [0, 0.1) is 13.8 Å². The minimum atomic E-state index is 0.851. The molecule has 2 aromatic rings. The van der Waals surface area contributed by atoms with Gasteiger partial charge in [-0.15, -0.1) is 0 Å². The van der Waals surface area contributed by atoms with Gasteiger partial charge in [0.2, 0.25) is 0 Å². The van der Waals surface area contributed by atoms with Crippen molar-refractivity contribution >= 4 is 5.82 Å². The van der Waals surface area contributed by atoms with Crippen molar-refractivity contribution < 1.29 is 0 Å². The Morgan fingerprint density at radius 3 is 2.71 bits per heavy atom. The third-order valence-electron chi connectivity index (χ3n) is 2.58. The van der Waals surface area contributed by atoms with Gasteiger partial charge < -0.3 is 5.32 Å². The summed E-state index contributed by atoms with van der Waals surface area (Å²) in [6, 6.07) is 2.08. The molecule has 4 heteroatoms. The largest absolute Gasteiger partial charge is 0.370 e. The number of aryl methyl sites for hydroxylation is 1. The highest BCUT2D eigenvalue weighted by Gasteiger charge is 2.08. The second-order valence-electron chi connectivity index (χ2n) is 3.98. The zero-order chi connectivity index (χ0) is 12.3. The summed E-state index contributed by atoms with van der Waals surface area (Å²) < 4.78 is 0. The molecular weight excluding hydrogens is 212 g/mol. The van der Waals surface area contributed by atoms with Gasteiger partial charge in [0, 0.05) is 30.1 Å². The van der Waals surface area contributed by atoms with E-state index in [1.54, 1.807) is 6.33 Å². The van der Waals surface area contributed by atoms with Crippen LogP contribution in [0.5, 0.6) is 0 Å². The molecule has 0 bridgehead atoms. The van der Waals surface area contributed by atoms with Crippen LogP contribution < -0.4 is 5.32 Å². The summed E-state index contributed by atoms with van der Waals surface area (Å²) in [4.78, 5) is 12.8. The lowest BCUT2D eigenvalue weighted by atomic mass is 10.1. The normalized spacial score (nSPS) is 10.3. The minimum absolute atomic E-state index is 0.851. The molecule has 2 heterocycles. The molecule has 0 aliphatic carbocycles. The van der Waals surface area contributed by atoms with Gasteiger partial charge in [0.25, 0.3) is 0 Å². The Morgan fingerprint density at radius 1 is 1.18 bits per heavy atom. The summed E-state index contributed by atoms with van der Waals surface area (Å²) in [5.41, 5.74) is 4.16. The van der Waals surface area contributed by atoms with Crippen molar-refractivity contribution in [1.29, 1.82) is 0 Å². The first-order valence-electron chi connectivity index (χ1n) is 5.70. The number of hydrogen-bond acceptors (Lipinski definition) is 4. The van der Waals surface area contributed by atoms with E-state index in [1.165, 1.54) is 0 Å². The van der Waals surface area contributed by atoms with Gasteiger partial charge in [0.15, 0.2) is 0 Å². The molecule has 0 radical (unpaired) electrons. The zero-order valence-corrected chi connectivity index (χ0v) is 10.4. The first kappa shape index (κ1) is 11.5. The molecule has 0 unspecified atom stereocenters. The molecule has 17 heavy (non-hydrogen) atoms. The van der Waals surface area contributed by atoms with Crippen molar-refractivity contribution in [3.05, 3.63) is 35.9 Å². The zero-order valence-electron chi connectivity index (χ0n) is 10.4. The molecule has 4 nitrogen and oxygen atoms in total. The highest BCUT2D eigenvalue weighted by Crippen LogP contribution is 2.24. The van der Waals surface area contributed by atoms with E-state index in [4.69, 9.17) is 0 Å². The topological polar surface area (TPSA) is 50.7 Å². The fourth-order valence-corrected chi connectivity index (χ4v) is 1.77. The number of anilines is 1. The van der Waals surface area contributed by atoms with E-state index in [1.807, 2.05) is 26.2 Å². The third-order valence-corrected chi connectivity index (χ3v) is 2.58. The number of nitrogens with zero attached hydrogens (tertiary/aromatic N) is 3. The highest BCUT2D eigenvalue weighted by atomic mass is 15.0. The lowest BCUT2D eigenvalue weighted by Gasteiger charge is -2.10. The van der Waals surface area contributed by atoms with E-state index in [0.29, 0.717) is 0 Å². The van der Waals surface area contributed by atoms with Crippen LogP contribution in [0.2, 0.25) is 0 Å². The second-order valence-corrected chi connectivity index (χ2v) is 3.98. The van der Waals surface area contributed by atoms with Crippen molar-refractivity contribution in [2.45, 2.75) is 20.8 Å². The van der Waals surface area contributed by atoms with Crippen LogP contribution in [0.1, 0.15) is 18.1 Å². The molecule has 0 fully saturated rings. The van der Waals surface area contributed by atoms with Crippen molar-refractivity contribution in [1.82, 2.24) is 15.0 Å². The summed E-state index contributed by atoms with van der Waals surface area (Å²) in [6.07, 6.45) is 5.26. The van der Waals surface area contributed by atoms with Gasteiger partial charge in [0.05, 0.1) is 5.69 Å². The summed E-state index contributed by atoms with van der Waals surface area (Å²) in [5, 5.41) is 3.23. The first-order chi connectivity index (χ1) is 8.22. The van der Waals surface area contributed by atoms with Crippen LogP contribution in [0.4, 0.5) is 5.82 Å². The highest BCUT2D eigenvalue weighted by molar-refractivity contribution is 5.67. The Hall–Kier alpha value is -1.97. The van der Waals surface area contributed by atoms with Crippen LogP contribution in [0.15, 0.2) is 24.8 Å².